The minimum absolute atomic E-state index is 0.332. The fourth-order valence-electron chi connectivity index (χ4n) is 1.57. The Morgan fingerprint density at radius 2 is 1.86 bits per heavy atom. The average Bonchev–Trinajstić information content (AvgIpc) is 2.44. The minimum atomic E-state index is -0.827. The zero-order valence-corrected chi connectivity index (χ0v) is 12.8. The Balaban J connectivity index is 2.45. The molecule has 0 spiro atoms. The summed E-state index contributed by atoms with van der Waals surface area (Å²) in [5, 5.41) is 2.72. The molecule has 5 nitrogen and oxygen atoms in total. The van der Waals surface area contributed by atoms with Crippen LogP contribution in [-0.4, -0.2) is 25.1 Å². The number of hydrogen-bond acceptors (Lipinski definition) is 4. The van der Waals surface area contributed by atoms with Crippen molar-refractivity contribution in [2.45, 2.75) is 33.4 Å². The van der Waals surface area contributed by atoms with Gasteiger partial charge in [0.2, 0.25) is 0 Å². The maximum atomic E-state index is 11.8. The second-order valence-electron chi connectivity index (χ2n) is 4.87. The normalized spacial score (nSPS) is 11.2. The smallest absolute Gasteiger partial charge is 0.331 e. The van der Waals surface area contributed by atoms with Gasteiger partial charge >= 0.3 is 5.97 Å². The third kappa shape index (κ3) is 6.12. The van der Waals surface area contributed by atoms with Crippen molar-refractivity contribution in [3.63, 3.8) is 0 Å². The van der Waals surface area contributed by atoms with Crippen molar-refractivity contribution in [2.75, 3.05) is 7.11 Å². The van der Waals surface area contributed by atoms with Crippen LogP contribution in [0.25, 0.3) is 0 Å². The summed E-state index contributed by atoms with van der Waals surface area (Å²) in [4.78, 5) is 23.2. The van der Waals surface area contributed by atoms with Crippen LogP contribution in [0.15, 0.2) is 35.9 Å². The van der Waals surface area contributed by atoms with E-state index in [0.717, 1.165) is 16.9 Å². The van der Waals surface area contributed by atoms with E-state index < -0.39 is 12.1 Å². The number of carbonyl (C=O) groups excluding carboxylic acids is 2. The second-order valence-corrected chi connectivity index (χ2v) is 4.87. The standard InChI is InChI=1S/C16H21NO4/c1-11(2)9-15(18)21-12(3)16(19)17-10-13-5-7-14(20-4)8-6-13/h5-9,12H,10H2,1-4H3,(H,17,19)/t12-/m1/s1. The van der Waals surface area contributed by atoms with Gasteiger partial charge in [0.15, 0.2) is 6.10 Å². The molecule has 1 aromatic rings. The van der Waals surface area contributed by atoms with Gasteiger partial charge in [-0.2, -0.15) is 0 Å². The lowest BCUT2D eigenvalue weighted by Crippen LogP contribution is -2.35. The number of carbonyl (C=O) groups is 2. The molecule has 0 aromatic heterocycles. The number of allylic oxidation sites excluding steroid dienone is 1. The first-order valence-electron chi connectivity index (χ1n) is 6.68. The van der Waals surface area contributed by atoms with Gasteiger partial charge in [0.05, 0.1) is 7.11 Å². The molecule has 0 aliphatic heterocycles. The Hall–Kier alpha value is -2.30. The molecule has 0 bridgehead atoms. The van der Waals surface area contributed by atoms with Gasteiger partial charge in [-0.1, -0.05) is 17.7 Å². The van der Waals surface area contributed by atoms with Crippen molar-refractivity contribution < 1.29 is 19.1 Å². The Kier molecular flexibility index (Phi) is 6.46. The molecule has 0 radical (unpaired) electrons. The van der Waals surface area contributed by atoms with Crippen LogP contribution < -0.4 is 10.1 Å². The first-order valence-corrected chi connectivity index (χ1v) is 6.68. The van der Waals surface area contributed by atoms with Crippen LogP contribution in [0.2, 0.25) is 0 Å². The van der Waals surface area contributed by atoms with Crippen molar-refractivity contribution in [3.05, 3.63) is 41.5 Å². The highest BCUT2D eigenvalue weighted by Crippen LogP contribution is 2.11. The van der Waals surface area contributed by atoms with Gasteiger partial charge in [0, 0.05) is 12.6 Å². The quantitative estimate of drug-likeness (QED) is 0.644. The van der Waals surface area contributed by atoms with Gasteiger partial charge in [-0.15, -0.1) is 0 Å². The second kappa shape index (κ2) is 8.09. The maximum absolute atomic E-state index is 11.8. The van der Waals surface area contributed by atoms with Crippen molar-refractivity contribution in [1.29, 1.82) is 0 Å². The lowest BCUT2D eigenvalue weighted by Gasteiger charge is -2.12. The molecule has 0 saturated carbocycles. The van der Waals surface area contributed by atoms with Gasteiger partial charge in [0.1, 0.15) is 5.75 Å². The average molecular weight is 291 g/mol. The molecular formula is C16H21NO4. The van der Waals surface area contributed by atoms with Crippen LogP contribution in [0, 0.1) is 0 Å². The third-order valence-corrected chi connectivity index (χ3v) is 2.69. The number of nitrogens with one attached hydrogen (secondary N) is 1. The van der Waals surface area contributed by atoms with E-state index in [1.807, 2.05) is 24.3 Å². The number of ether oxygens (including phenoxy) is 2. The number of methoxy groups -OCH3 is 1. The summed E-state index contributed by atoms with van der Waals surface area (Å²) >= 11 is 0. The van der Waals surface area contributed by atoms with Crippen LogP contribution in [0.5, 0.6) is 5.75 Å². The number of esters is 1. The van der Waals surface area contributed by atoms with Gasteiger partial charge in [-0.25, -0.2) is 4.79 Å². The summed E-state index contributed by atoms with van der Waals surface area (Å²) in [6, 6.07) is 7.36. The number of hydrogen-bond donors (Lipinski definition) is 1. The van der Waals surface area contributed by atoms with Crippen LogP contribution in [0.4, 0.5) is 0 Å². The molecule has 0 aliphatic rings. The molecule has 114 valence electrons. The lowest BCUT2D eigenvalue weighted by atomic mass is 10.2. The van der Waals surface area contributed by atoms with Gasteiger partial charge in [0.25, 0.3) is 5.91 Å². The zero-order valence-electron chi connectivity index (χ0n) is 12.8. The lowest BCUT2D eigenvalue weighted by molar-refractivity contribution is -0.150. The van der Waals surface area contributed by atoms with Crippen molar-refractivity contribution >= 4 is 11.9 Å². The van der Waals surface area contributed by atoms with E-state index in [9.17, 15) is 9.59 Å². The van der Waals surface area contributed by atoms with Crippen molar-refractivity contribution in [1.82, 2.24) is 5.32 Å². The van der Waals surface area contributed by atoms with Crippen LogP contribution in [-0.2, 0) is 20.9 Å². The van der Waals surface area contributed by atoms with Crippen LogP contribution in [0.3, 0.4) is 0 Å². The van der Waals surface area contributed by atoms with E-state index in [4.69, 9.17) is 9.47 Å². The summed E-state index contributed by atoms with van der Waals surface area (Å²) in [6.07, 6.45) is 0.527. The molecule has 0 fully saturated rings. The molecule has 1 N–H and O–H groups in total. The molecule has 1 atom stereocenters. The first-order chi connectivity index (χ1) is 9.92. The topological polar surface area (TPSA) is 64.6 Å². The molecular weight excluding hydrogens is 270 g/mol. The Morgan fingerprint density at radius 1 is 1.24 bits per heavy atom. The largest absolute Gasteiger partial charge is 0.497 e. The molecule has 0 aliphatic carbocycles. The minimum Gasteiger partial charge on any atom is -0.497 e. The molecule has 1 aromatic carbocycles. The highest BCUT2D eigenvalue weighted by molar-refractivity contribution is 5.87. The summed E-state index contributed by atoms with van der Waals surface area (Å²) in [5.74, 6) is -0.0856. The Labute approximate surface area is 124 Å². The van der Waals surface area contributed by atoms with Crippen molar-refractivity contribution in [2.24, 2.45) is 0 Å². The predicted octanol–water partition coefficient (Wildman–Crippen LogP) is 2.21. The van der Waals surface area contributed by atoms with E-state index in [1.54, 1.807) is 27.9 Å². The predicted molar refractivity (Wildman–Crippen MR) is 79.8 cm³/mol. The fourth-order valence-corrected chi connectivity index (χ4v) is 1.57. The number of rotatable bonds is 6. The van der Waals surface area contributed by atoms with E-state index in [-0.39, 0.29) is 5.91 Å². The summed E-state index contributed by atoms with van der Waals surface area (Å²) in [5.41, 5.74) is 1.76. The van der Waals surface area contributed by atoms with Crippen LogP contribution >= 0.6 is 0 Å². The number of benzene rings is 1. The zero-order chi connectivity index (χ0) is 15.8. The summed E-state index contributed by atoms with van der Waals surface area (Å²) in [6.45, 7) is 5.48. The summed E-state index contributed by atoms with van der Waals surface area (Å²) in [7, 11) is 1.60. The number of amides is 1. The van der Waals surface area contributed by atoms with E-state index in [0.29, 0.717) is 6.54 Å². The molecule has 0 saturated heterocycles. The van der Waals surface area contributed by atoms with E-state index in [2.05, 4.69) is 5.32 Å². The molecule has 5 heteroatoms. The Morgan fingerprint density at radius 3 is 2.38 bits per heavy atom. The molecule has 21 heavy (non-hydrogen) atoms. The SMILES string of the molecule is COc1ccc(CNC(=O)[C@@H](C)OC(=O)C=C(C)C)cc1. The molecule has 0 unspecified atom stereocenters. The van der Waals surface area contributed by atoms with Crippen molar-refractivity contribution in [3.8, 4) is 5.75 Å². The van der Waals surface area contributed by atoms with E-state index in [1.165, 1.54) is 6.08 Å². The van der Waals surface area contributed by atoms with Gasteiger partial charge < -0.3 is 14.8 Å². The highest BCUT2D eigenvalue weighted by atomic mass is 16.5. The van der Waals surface area contributed by atoms with Gasteiger partial charge in [-0.05, 0) is 38.5 Å². The third-order valence-electron chi connectivity index (χ3n) is 2.69. The van der Waals surface area contributed by atoms with Gasteiger partial charge in [-0.3, -0.25) is 4.79 Å². The maximum Gasteiger partial charge on any atom is 0.331 e. The Bertz CT molecular complexity index is 516. The van der Waals surface area contributed by atoms with E-state index >= 15 is 0 Å². The first kappa shape index (κ1) is 16.8. The highest BCUT2D eigenvalue weighted by Gasteiger charge is 2.16. The fraction of sp³-hybridized carbons (Fsp3) is 0.375. The monoisotopic (exact) mass is 291 g/mol. The molecule has 0 heterocycles. The molecule has 1 amide bonds. The molecule has 1 rings (SSSR count). The van der Waals surface area contributed by atoms with Crippen LogP contribution in [0.1, 0.15) is 26.3 Å². The summed E-state index contributed by atoms with van der Waals surface area (Å²) < 4.78 is 10.1.